The fourth-order valence-corrected chi connectivity index (χ4v) is 3.25. The van der Waals surface area contributed by atoms with Crippen molar-refractivity contribution in [3.05, 3.63) is 94.4 Å². The van der Waals surface area contributed by atoms with Crippen LogP contribution in [-0.2, 0) is 29.0 Å². The van der Waals surface area contributed by atoms with Crippen LogP contribution in [-0.4, -0.2) is 34.1 Å². The van der Waals surface area contributed by atoms with Gasteiger partial charge in [0, 0.05) is 30.6 Å². The van der Waals surface area contributed by atoms with Gasteiger partial charge >= 0.3 is 0 Å². The van der Waals surface area contributed by atoms with Gasteiger partial charge in [0.1, 0.15) is 23.8 Å². The van der Waals surface area contributed by atoms with Crippen molar-refractivity contribution in [2.45, 2.75) is 31.5 Å². The summed E-state index contributed by atoms with van der Waals surface area (Å²) in [6, 6.07) is 14.8. The van der Waals surface area contributed by atoms with Crippen LogP contribution in [0.5, 0.6) is 0 Å². The predicted molar refractivity (Wildman–Crippen MR) is 124 cm³/mol. The third-order valence-corrected chi connectivity index (χ3v) is 5.20. The van der Waals surface area contributed by atoms with E-state index in [0.717, 1.165) is 11.1 Å². The summed E-state index contributed by atoms with van der Waals surface area (Å²) in [5, 5.41) is 16.3. The Morgan fingerprint density at radius 1 is 0.939 bits per heavy atom. The third kappa shape index (κ3) is 7.55. The summed E-state index contributed by atoms with van der Waals surface area (Å²) in [5.74, 6) is -1.17. The summed E-state index contributed by atoms with van der Waals surface area (Å²) < 4.78 is 13.1. The number of nitrogen functional groups attached to an aromatic ring is 1. The number of nitrogens with two attached hydrogens (primary N) is 1. The summed E-state index contributed by atoms with van der Waals surface area (Å²) in [6.45, 7) is 0.192. The van der Waals surface area contributed by atoms with Crippen molar-refractivity contribution in [1.82, 2.24) is 15.6 Å². The van der Waals surface area contributed by atoms with E-state index in [1.165, 1.54) is 24.3 Å². The van der Waals surface area contributed by atoms with Crippen LogP contribution in [0.15, 0.2) is 66.9 Å². The molecule has 2 amide bonds. The topological polar surface area (TPSA) is 117 Å². The maximum atomic E-state index is 13.1. The molecule has 9 heteroatoms. The van der Waals surface area contributed by atoms with Gasteiger partial charge in [-0.3, -0.25) is 9.59 Å². The number of pyridine rings is 1. The SMILES string of the molecule is Nc1ccc(CNC(=O)[C@H](Cc2ccc(Cl)cc2)NC(=O)[C@H](O)Cc2ccc(F)cc2)cn1. The summed E-state index contributed by atoms with van der Waals surface area (Å²) in [5.41, 5.74) is 7.69. The fraction of sp³-hybridized carbons (Fsp3) is 0.208. The minimum atomic E-state index is -1.41. The number of anilines is 1. The van der Waals surface area contributed by atoms with Gasteiger partial charge in [-0.25, -0.2) is 9.37 Å². The molecular formula is C24H24ClFN4O3. The second-order valence-corrected chi connectivity index (χ2v) is 7.98. The van der Waals surface area contributed by atoms with Crippen molar-refractivity contribution in [3.8, 4) is 0 Å². The van der Waals surface area contributed by atoms with Gasteiger partial charge < -0.3 is 21.5 Å². The van der Waals surface area contributed by atoms with Gasteiger partial charge in [-0.05, 0) is 47.0 Å². The predicted octanol–water partition coefficient (Wildman–Crippen LogP) is 2.40. The maximum Gasteiger partial charge on any atom is 0.249 e. The zero-order valence-corrected chi connectivity index (χ0v) is 18.4. The molecule has 0 radical (unpaired) electrons. The van der Waals surface area contributed by atoms with Crippen molar-refractivity contribution in [2.24, 2.45) is 0 Å². The van der Waals surface area contributed by atoms with E-state index in [0.29, 0.717) is 16.4 Å². The highest BCUT2D eigenvalue weighted by molar-refractivity contribution is 6.30. The number of benzene rings is 2. The average molecular weight is 471 g/mol. The Balaban J connectivity index is 1.67. The lowest BCUT2D eigenvalue weighted by Gasteiger charge is -2.21. The molecule has 0 aliphatic carbocycles. The second-order valence-electron chi connectivity index (χ2n) is 7.55. The number of aromatic nitrogens is 1. The summed E-state index contributed by atoms with van der Waals surface area (Å²) >= 11 is 5.93. The van der Waals surface area contributed by atoms with Gasteiger partial charge in [0.05, 0.1) is 0 Å². The molecule has 1 aromatic heterocycles. The third-order valence-electron chi connectivity index (χ3n) is 4.95. The first-order valence-corrected chi connectivity index (χ1v) is 10.6. The minimum Gasteiger partial charge on any atom is -0.384 e. The maximum absolute atomic E-state index is 13.1. The molecule has 0 spiro atoms. The number of carbonyl (C=O) groups excluding carboxylic acids is 2. The monoisotopic (exact) mass is 470 g/mol. The van der Waals surface area contributed by atoms with E-state index in [1.807, 2.05) is 0 Å². The van der Waals surface area contributed by atoms with Crippen LogP contribution in [0, 0.1) is 5.82 Å². The fourth-order valence-electron chi connectivity index (χ4n) is 3.12. The number of halogens is 2. The molecule has 0 bridgehead atoms. The van der Waals surface area contributed by atoms with Crippen LogP contribution in [0.2, 0.25) is 5.02 Å². The van der Waals surface area contributed by atoms with Crippen molar-refractivity contribution in [1.29, 1.82) is 0 Å². The molecule has 7 nitrogen and oxygen atoms in total. The van der Waals surface area contributed by atoms with Gasteiger partial charge in [0.25, 0.3) is 0 Å². The minimum absolute atomic E-state index is 0.0154. The van der Waals surface area contributed by atoms with Crippen molar-refractivity contribution in [3.63, 3.8) is 0 Å². The molecule has 2 atom stereocenters. The number of aliphatic hydroxyl groups is 1. The molecule has 33 heavy (non-hydrogen) atoms. The van der Waals surface area contributed by atoms with Crippen LogP contribution in [0.1, 0.15) is 16.7 Å². The van der Waals surface area contributed by atoms with Gasteiger partial charge in [0.2, 0.25) is 11.8 Å². The van der Waals surface area contributed by atoms with E-state index in [4.69, 9.17) is 17.3 Å². The Morgan fingerprint density at radius 3 is 2.18 bits per heavy atom. The first-order chi connectivity index (χ1) is 15.8. The van der Waals surface area contributed by atoms with Gasteiger partial charge in [-0.15, -0.1) is 0 Å². The molecule has 0 saturated carbocycles. The van der Waals surface area contributed by atoms with Crippen molar-refractivity contribution in [2.75, 3.05) is 5.73 Å². The van der Waals surface area contributed by atoms with Crippen LogP contribution in [0.4, 0.5) is 10.2 Å². The smallest absolute Gasteiger partial charge is 0.249 e. The molecule has 0 unspecified atom stereocenters. The molecule has 2 aromatic carbocycles. The summed E-state index contributed by atoms with van der Waals surface area (Å²) in [6.07, 6.45) is 0.322. The average Bonchev–Trinajstić information content (AvgIpc) is 2.80. The zero-order valence-electron chi connectivity index (χ0n) is 17.7. The molecular weight excluding hydrogens is 447 g/mol. The number of hydrogen-bond acceptors (Lipinski definition) is 5. The van der Waals surface area contributed by atoms with E-state index in [1.54, 1.807) is 42.6 Å². The highest BCUT2D eigenvalue weighted by atomic mass is 35.5. The number of amides is 2. The van der Waals surface area contributed by atoms with Gasteiger partial charge in [0.15, 0.2) is 0 Å². The Hall–Kier alpha value is -3.49. The molecule has 5 N–H and O–H groups in total. The van der Waals surface area contributed by atoms with E-state index in [9.17, 15) is 19.1 Å². The van der Waals surface area contributed by atoms with Crippen LogP contribution in [0.3, 0.4) is 0 Å². The first kappa shape index (κ1) is 24.2. The quantitative estimate of drug-likeness (QED) is 0.383. The van der Waals surface area contributed by atoms with E-state index in [-0.39, 0.29) is 19.4 Å². The second kappa shape index (κ2) is 11.4. The normalized spacial score (nSPS) is 12.6. The summed E-state index contributed by atoms with van der Waals surface area (Å²) in [7, 11) is 0. The van der Waals surface area contributed by atoms with Gasteiger partial charge in [-0.1, -0.05) is 41.9 Å². The Labute approximate surface area is 195 Å². The highest BCUT2D eigenvalue weighted by Gasteiger charge is 2.25. The molecule has 3 rings (SSSR count). The van der Waals surface area contributed by atoms with Crippen molar-refractivity contribution >= 4 is 29.2 Å². The molecule has 0 aliphatic rings. The molecule has 1 heterocycles. The van der Waals surface area contributed by atoms with E-state index < -0.39 is 29.8 Å². The van der Waals surface area contributed by atoms with Gasteiger partial charge in [-0.2, -0.15) is 0 Å². The van der Waals surface area contributed by atoms with Crippen LogP contribution >= 0.6 is 11.6 Å². The number of nitrogens with one attached hydrogen (secondary N) is 2. The first-order valence-electron chi connectivity index (χ1n) is 10.3. The number of carbonyl (C=O) groups is 2. The molecule has 0 fully saturated rings. The Morgan fingerprint density at radius 2 is 1.55 bits per heavy atom. The number of nitrogens with zero attached hydrogens (tertiary/aromatic N) is 1. The zero-order chi connectivity index (χ0) is 23.8. The molecule has 3 aromatic rings. The van der Waals surface area contributed by atoms with E-state index in [2.05, 4.69) is 15.6 Å². The molecule has 172 valence electrons. The lowest BCUT2D eigenvalue weighted by Crippen LogP contribution is -2.51. The lowest BCUT2D eigenvalue weighted by atomic mass is 10.0. The standard InChI is InChI=1S/C24H24ClFN4O3/c25-18-6-1-15(2-7-18)11-20(23(32)29-14-17-5-10-22(27)28-13-17)30-24(33)21(31)12-16-3-8-19(26)9-4-16/h1-10,13,20-21,31H,11-12,14H2,(H2,27,28)(H,29,32)(H,30,33)/t20-,21+/m0/s1. The Kier molecular flexibility index (Phi) is 8.34. The van der Waals surface area contributed by atoms with Crippen LogP contribution in [0.25, 0.3) is 0 Å². The highest BCUT2D eigenvalue weighted by Crippen LogP contribution is 2.12. The summed E-state index contributed by atoms with van der Waals surface area (Å²) in [4.78, 5) is 29.5. The Bertz CT molecular complexity index is 1080. The van der Waals surface area contributed by atoms with Crippen molar-refractivity contribution < 1.29 is 19.1 Å². The largest absolute Gasteiger partial charge is 0.384 e. The number of aliphatic hydroxyl groups excluding tert-OH is 1. The number of rotatable bonds is 9. The molecule has 0 aliphatic heterocycles. The number of hydrogen-bond donors (Lipinski definition) is 4. The lowest BCUT2D eigenvalue weighted by molar-refractivity contribution is -0.134. The van der Waals surface area contributed by atoms with Crippen LogP contribution < -0.4 is 16.4 Å². The molecule has 0 saturated heterocycles. The van der Waals surface area contributed by atoms with E-state index >= 15 is 0 Å².